The predicted octanol–water partition coefficient (Wildman–Crippen LogP) is 3.09. The Kier molecular flexibility index (Phi) is 6.72. The lowest BCUT2D eigenvalue weighted by Crippen LogP contribution is -2.43. The van der Waals surface area contributed by atoms with Crippen LogP contribution in [-0.2, 0) is 18.3 Å². The van der Waals surface area contributed by atoms with Crippen molar-refractivity contribution in [1.29, 1.82) is 0 Å². The molecule has 11 heteroatoms. The number of nitrogens with one attached hydrogen (secondary N) is 3. The molecule has 0 aliphatic carbocycles. The van der Waals surface area contributed by atoms with Crippen molar-refractivity contribution in [3.63, 3.8) is 0 Å². The highest BCUT2D eigenvalue weighted by molar-refractivity contribution is 6.08. The summed E-state index contributed by atoms with van der Waals surface area (Å²) in [6.07, 6.45) is 5.17. The smallest absolute Gasteiger partial charge is 0.323 e. The summed E-state index contributed by atoms with van der Waals surface area (Å²) in [6.45, 7) is 2.55. The van der Waals surface area contributed by atoms with Crippen LogP contribution in [0, 0.1) is 0 Å². The van der Waals surface area contributed by atoms with Crippen LogP contribution in [0.3, 0.4) is 0 Å². The number of amides is 3. The van der Waals surface area contributed by atoms with Crippen LogP contribution in [0.25, 0.3) is 10.9 Å². The SMILES string of the molecule is Cn1cc2ccc(NC(=O)c3cccnc3NCc3ccnc(NC(=O)N4CCOCC4)c3)cc2n1. The highest BCUT2D eigenvalue weighted by atomic mass is 16.5. The highest BCUT2D eigenvalue weighted by Gasteiger charge is 2.17. The van der Waals surface area contributed by atoms with Gasteiger partial charge in [0.15, 0.2) is 0 Å². The Morgan fingerprint density at radius 3 is 2.75 bits per heavy atom. The van der Waals surface area contributed by atoms with Gasteiger partial charge in [-0.25, -0.2) is 14.8 Å². The number of morpholine rings is 1. The molecule has 1 aliphatic heterocycles. The van der Waals surface area contributed by atoms with Crippen molar-refractivity contribution in [2.24, 2.45) is 7.05 Å². The number of carbonyl (C=O) groups is 2. The van der Waals surface area contributed by atoms with E-state index in [0.717, 1.165) is 16.5 Å². The number of fused-ring (bicyclic) bond motifs is 1. The molecular weight excluding hydrogens is 460 g/mol. The van der Waals surface area contributed by atoms with Gasteiger partial charge in [-0.15, -0.1) is 0 Å². The first kappa shape index (κ1) is 23.2. The van der Waals surface area contributed by atoms with Crippen molar-refractivity contribution in [3.05, 3.63) is 72.2 Å². The number of hydrogen-bond donors (Lipinski definition) is 3. The van der Waals surface area contributed by atoms with Crippen molar-refractivity contribution in [2.45, 2.75) is 6.54 Å². The van der Waals surface area contributed by atoms with Gasteiger partial charge < -0.3 is 20.3 Å². The van der Waals surface area contributed by atoms with Crippen molar-refractivity contribution in [2.75, 3.05) is 42.3 Å². The van der Waals surface area contributed by atoms with Gasteiger partial charge >= 0.3 is 6.03 Å². The van der Waals surface area contributed by atoms with Crippen LogP contribution in [0.4, 0.5) is 22.1 Å². The zero-order chi connectivity index (χ0) is 24.9. The van der Waals surface area contributed by atoms with E-state index in [1.807, 2.05) is 37.5 Å². The first-order chi connectivity index (χ1) is 17.5. The molecule has 1 saturated heterocycles. The second kappa shape index (κ2) is 10.4. The third-order valence-corrected chi connectivity index (χ3v) is 5.75. The van der Waals surface area contributed by atoms with E-state index in [2.05, 4.69) is 31.0 Å². The molecule has 184 valence electrons. The number of ether oxygens (including phenoxy) is 1. The number of urea groups is 1. The minimum atomic E-state index is -0.283. The van der Waals surface area contributed by atoms with Crippen molar-refractivity contribution in [3.8, 4) is 0 Å². The Morgan fingerprint density at radius 1 is 1.03 bits per heavy atom. The fourth-order valence-electron chi connectivity index (χ4n) is 3.94. The van der Waals surface area contributed by atoms with E-state index in [1.54, 1.807) is 40.2 Å². The maximum absolute atomic E-state index is 13.0. The van der Waals surface area contributed by atoms with E-state index in [9.17, 15) is 9.59 Å². The normalized spacial score (nSPS) is 13.4. The molecule has 3 N–H and O–H groups in total. The summed E-state index contributed by atoms with van der Waals surface area (Å²) in [7, 11) is 1.86. The fourth-order valence-corrected chi connectivity index (χ4v) is 3.94. The summed E-state index contributed by atoms with van der Waals surface area (Å²) in [5, 5.41) is 14.4. The molecule has 0 atom stereocenters. The number of pyridine rings is 2. The van der Waals surface area contributed by atoms with Gasteiger partial charge in [-0.2, -0.15) is 5.10 Å². The standard InChI is InChI=1S/C25H26N8O3/c1-32-16-18-4-5-19(14-21(18)31-32)29-24(34)20-3-2-7-27-23(20)28-15-17-6-8-26-22(13-17)30-25(35)33-9-11-36-12-10-33/h2-8,13-14,16H,9-12,15H2,1H3,(H,27,28)(H,29,34)(H,26,30,35). The summed E-state index contributed by atoms with van der Waals surface area (Å²) < 4.78 is 7.02. The van der Waals surface area contributed by atoms with Crippen LogP contribution in [0.1, 0.15) is 15.9 Å². The molecule has 0 spiro atoms. The molecule has 36 heavy (non-hydrogen) atoms. The van der Waals surface area contributed by atoms with E-state index in [0.29, 0.717) is 55.7 Å². The molecule has 5 rings (SSSR count). The number of anilines is 3. The average molecular weight is 487 g/mol. The van der Waals surface area contributed by atoms with Gasteiger partial charge in [-0.05, 0) is 48.0 Å². The third-order valence-electron chi connectivity index (χ3n) is 5.75. The van der Waals surface area contributed by atoms with E-state index >= 15 is 0 Å². The van der Waals surface area contributed by atoms with Crippen LogP contribution in [-0.4, -0.2) is 62.9 Å². The molecule has 0 unspecified atom stereocenters. The van der Waals surface area contributed by atoms with Gasteiger partial charge in [-0.3, -0.25) is 14.8 Å². The van der Waals surface area contributed by atoms with Crippen LogP contribution >= 0.6 is 0 Å². The molecule has 0 bridgehead atoms. The predicted molar refractivity (Wildman–Crippen MR) is 136 cm³/mol. The molecule has 4 heterocycles. The average Bonchev–Trinajstić information content (AvgIpc) is 3.27. The molecular formula is C25H26N8O3. The number of hydrogen-bond acceptors (Lipinski definition) is 7. The highest BCUT2D eigenvalue weighted by Crippen LogP contribution is 2.20. The molecule has 11 nitrogen and oxygen atoms in total. The van der Waals surface area contributed by atoms with Crippen molar-refractivity contribution >= 4 is 40.2 Å². The number of aromatic nitrogens is 4. The van der Waals surface area contributed by atoms with Crippen LogP contribution in [0.15, 0.2) is 61.1 Å². The Hall–Kier alpha value is -4.51. The minimum Gasteiger partial charge on any atom is -0.378 e. The van der Waals surface area contributed by atoms with Gasteiger partial charge in [0, 0.05) is 56.3 Å². The van der Waals surface area contributed by atoms with Gasteiger partial charge in [0.2, 0.25) is 0 Å². The number of rotatable bonds is 6. The maximum Gasteiger partial charge on any atom is 0.323 e. The summed E-state index contributed by atoms with van der Waals surface area (Å²) in [4.78, 5) is 35.8. The van der Waals surface area contributed by atoms with E-state index in [4.69, 9.17) is 4.74 Å². The van der Waals surface area contributed by atoms with Gasteiger partial charge in [0.1, 0.15) is 11.6 Å². The third kappa shape index (κ3) is 5.41. The fraction of sp³-hybridized carbons (Fsp3) is 0.240. The molecule has 4 aromatic rings. The monoisotopic (exact) mass is 486 g/mol. The topological polar surface area (TPSA) is 126 Å². The Labute approximate surface area is 207 Å². The largest absolute Gasteiger partial charge is 0.378 e. The van der Waals surface area contributed by atoms with Crippen LogP contribution in [0.2, 0.25) is 0 Å². The summed E-state index contributed by atoms with van der Waals surface area (Å²) in [6, 6.07) is 12.4. The second-order valence-electron chi connectivity index (χ2n) is 8.36. The lowest BCUT2D eigenvalue weighted by Gasteiger charge is -2.26. The minimum absolute atomic E-state index is 0.205. The molecule has 1 aliphatic rings. The van der Waals surface area contributed by atoms with Gasteiger partial charge in [0.25, 0.3) is 5.91 Å². The zero-order valence-electron chi connectivity index (χ0n) is 19.8. The summed E-state index contributed by atoms with van der Waals surface area (Å²) in [5.41, 5.74) is 2.73. The molecule has 1 aromatic carbocycles. The van der Waals surface area contributed by atoms with Gasteiger partial charge in [-0.1, -0.05) is 0 Å². The Bertz CT molecular complexity index is 1400. The Balaban J connectivity index is 1.24. The number of carbonyl (C=O) groups excluding carboxylic acids is 2. The van der Waals surface area contributed by atoms with Crippen molar-refractivity contribution in [1.82, 2.24) is 24.6 Å². The molecule has 3 amide bonds. The summed E-state index contributed by atoms with van der Waals surface area (Å²) in [5.74, 6) is 0.619. The molecule has 0 saturated carbocycles. The lowest BCUT2D eigenvalue weighted by atomic mass is 10.2. The van der Waals surface area contributed by atoms with Crippen molar-refractivity contribution < 1.29 is 14.3 Å². The molecule has 3 aromatic heterocycles. The lowest BCUT2D eigenvalue weighted by molar-refractivity contribution is 0.0564. The Morgan fingerprint density at radius 2 is 1.89 bits per heavy atom. The van der Waals surface area contributed by atoms with Crippen LogP contribution < -0.4 is 16.0 Å². The second-order valence-corrected chi connectivity index (χ2v) is 8.36. The number of benzene rings is 1. The molecule has 1 fully saturated rings. The first-order valence-corrected chi connectivity index (χ1v) is 11.6. The van der Waals surface area contributed by atoms with E-state index in [-0.39, 0.29) is 11.9 Å². The van der Waals surface area contributed by atoms with Crippen LogP contribution in [0.5, 0.6) is 0 Å². The van der Waals surface area contributed by atoms with E-state index < -0.39 is 0 Å². The quantitative estimate of drug-likeness (QED) is 0.382. The first-order valence-electron chi connectivity index (χ1n) is 11.6. The summed E-state index contributed by atoms with van der Waals surface area (Å²) >= 11 is 0. The van der Waals surface area contributed by atoms with Gasteiger partial charge in [0.05, 0.1) is 24.3 Å². The molecule has 0 radical (unpaired) electrons. The maximum atomic E-state index is 13.0. The zero-order valence-corrected chi connectivity index (χ0v) is 19.8. The van der Waals surface area contributed by atoms with E-state index in [1.165, 1.54) is 0 Å². The number of nitrogens with zero attached hydrogens (tertiary/aromatic N) is 5. The number of aryl methyl sites for hydroxylation is 1.